The molecular weight excluding hydrogens is 709 g/mol. The molecule has 0 radical (unpaired) electrons. The van der Waals surface area contributed by atoms with E-state index in [9.17, 15) is 29.7 Å². The first-order valence-electron chi connectivity index (χ1n) is 24.4. The molecule has 0 aliphatic heterocycles. The van der Waals surface area contributed by atoms with E-state index in [2.05, 4.69) is 57.2 Å². The van der Waals surface area contributed by atoms with Crippen LogP contribution in [0.5, 0.6) is 0 Å². The summed E-state index contributed by atoms with van der Waals surface area (Å²) >= 11 is 0. The third-order valence-electron chi connectivity index (χ3n) is 11.4. The Bertz CT molecular complexity index is 975. The summed E-state index contributed by atoms with van der Waals surface area (Å²) in [6, 6.07) is 0. The molecule has 0 rings (SSSR count). The summed E-state index contributed by atoms with van der Waals surface area (Å²) in [5.74, 6) is -2.18. The van der Waals surface area contributed by atoms with Crippen molar-refractivity contribution in [3.8, 4) is 0 Å². The summed E-state index contributed by atoms with van der Waals surface area (Å²) in [7, 11) is 0. The van der Waals surface area contributed by atoms with Crippen LogP contribution in [0.1, 0.15) is 252 Å². The fraction of sp³-hybridized carbons (Fsp3) is 0.824. The molecule has 0 heterocycles. The van der Waals surface area contributed by atoms with E-state index in [1.807, 2.05) is 0 Å². The zero-order valence-electron chi connectivity index (χ0n) is 37.6. The van der Waals surface area contributed by atoms with Crippen molar-refractivity contribution in [2.75, 3.05) is 0 Å². The lowest BCUT2D eigenvalue weighted by molar-refractivity contribution is -0.181. The highest BCUT2D eigenvalue weighted by molar-refractivity contribution is 6.01. The van der Waals surface area contributed by atoms with Gasteiger partial charge in [-0.05, 0) is 96.3 Å². The molecular formula is C51H92O6. The summed E-state index contributed by atoms with van der Waals surface area (Å²) in [6.07, 6.45) is 44.4. The molecule has 0 fully saturated rings. The molecule has 2 atom stereocenters. The molecule has 0 aromatic carbocycles. The van der Waals surface area contributed by atoms with Crippen LogP contribution in [0.2, 0.25) is 0 Å². The number of ketones is 3. The fourth-order valence-corrected chi connectivity index (χ4v) is 7.45. The Morgan fingerprint density at radius 3 is 0.877 bits per heavy atom. The van der Waals surface area contributed by atoms with E-state index in [0.717, 1.165) is 116 Å². The molecule has 0 aromatic rings. The van der Waals surface area contributed by atoms with Gasteiger partial charge in [0.25, 0.3) is 0 Å². The average molecular weight is 801 g/mol. The number of carbonyl (C=O) groups excluding carboxylic acids is 3. The Hall–Kier alpha value is -1.89. The first-order chi connectivity index (χ1) is 27.8. The van der Waals surface area contributed by atoms with E-state index in [0.29, 0.717) is 19.3 Å². The van der Waals surface area contributed by atoms with Crippen LogP contribution in [0.15, 0.2) is 36.5 Å². The van der Waals surface area contributed by atoms with Gasteiger partial charge >= 0.3 is 0 Å². The Kier molecular flexibility index (Phi) is 39.5. The van der Waals surface area contributed by atoms with Crippen molar-refractivity contribution in [2.24, 2.45) is 0 Å². The monoisotopic (exact) mass is 801 g/mol. The van der Waals surface area contributed by atoms with Crippen LogP contribution >= 0.6 is 0 Å². The van der Waals surface area contributed by atoms with Crippen molar-refractivity contribution in [3.63, 3.8) is 0 Å². The quantitative estimate of drug-likeness (QED) is 0.0418. The SMILES string of the molecule is CCCCCCC=CCCCCCCCC(=O)C(O)C(O)(C(=O)CCCCCCCC=CCCCCCC)C(O)C(=O)CCCCCCCC=CCCCCCC. The van der Waals surface area contributed by atoms with Crippen molar-refractivity contribution >= 4 is 17.3 Å². The second-order valence-electron chi connectivity index (χ2n) is 16.9. The first kappa shape index (κ1) is 55.1. The molecule has 0 saturated heterocycles. The highest BCUT2D eigenvalue weighted by Gasteiger charge is 2.53. The van der Waals surface area contributed by atoms with Crippen LogP contribution in [0.3, 0.4) is 0 Å². The van der Waals surface area contributed by atoms with Gasteiger partial charge in [-0.3, -0.25) is 14.4 Å². The van der Waals surface area contributed by atoms with E-state index >= 15 is 0 Å². The number of hydrogen-bond acceptors (Lipinski definition) is 6. The van der Waals surface area contributed by atoms with Crippen molar-refractivity contribution in [1.29, 1.82) is 0 Å². The van der Waals surface area contributed by atoms with Crippen LogP contribution in [-0.2, 0) is 14.4 Å². The van der Waals surface area contributed by atoms with Crippen molar-refractivity contribution in [2.45, 2.75) is 270 Å². The van der Waals surface area contributed by atoms with Gasteiger partial charge in [0.1, 0.15) is 0 Å². The lowest BCUT2D eigenvalue weighted by Gasteiger charge is -2.34. The Labute approximate surface area is 352 Å². The number of aliphatic hydroxyl groups is 3. The van der Waals surface area contributed by atoms with Crippen molar-refractivity contribution in [3.05, 3.63) is 36.5 Å². The van der Waals surface area contributed by atoms with Crippen LogP contribution in [0, 0.1) is 0 Å². The van der Waals surface area contributed by atoms with Gasteiger partial charge in [-0.2, -0.15) is 0 Å². The molecule has 0 aliphatic carbocycles. The van der Waals surface area contributed by atoms with E-state index in [-0.39, 0.29) is 19.3 Å². The normalized spacial score (nSPS) is 14.2. The number of allylic oxidation sites excluding steroid dienone is 6. The Balaban J connectivity index is 4.89. The summed E-state index contributed by atoms with van der Waals surface area (Å²) in [4.78, 5) is 39.9. The predicted octanol–water partition coefficient (Wildman–Crippen LogP) is 13.9. The van der Waals surface area contributed by atoms with E-state index < -0.39 is 35.2 Å². The van der Waals surface area contributed by atoms with Gasteiger partial charge < -0.3 is 15.3 Å². The largest absolute Gasteiger partial charge is 0.382 e. The predicted molar refractivity (Wildman–Crippen MR) is 243 cm³/mol. The van der Waals surface area contributed by atoms with Gasteiger partial charge in [0, 0.05) is 19.3 Å². The number of aliphatic hydroxyl groups excluding tert-OH is 2. The Morgan fingerprint density at radius 1 is 0.368 bits per heavy atom. The zero-order chi connectivity index (χ0) is 42.1. The van der Waals surface area contributed by atoms with Gasteiger partial charge in [0.05, 0.1) is 0 Å². The molecule has 0 aliphatic rings. The third kappa shape index (κ3) is 30.8. The molecule has 6 nitrogen and oxygen atoms in total. The number of Topliss-reactive ketones (excluding diaryl/α,β-unsaturated/α-hetero) is 3. The van der Waals surface area contributed by atoms with Crippen LogP contribution < -0.4 is 0 Å². The average Bonchev–Trinajstić information content (AvgIpc) is 3.21. The molecule has 332 valence electrons. The molecule has 2 unspecified atom stereocenters. The van der Waals surface area contributed by atoms with Crippen molar-refractivity contribution < 1.29 is 29.7 Å². The highest BCUT2D eigenvalue weighted by Crippen LogP contribution is 2.26. The molecule has 0 spiro atoms. The van der Waals surface area contributed by atoms with Gasteiger partial charge in [0.2, 0.25) is 0 Å². The van der Waals surface area contributed by atoms with Crippen molar-refractivity contribution in [1.82, 2.24) is 0 Å². The number of rotatable bonds is 44. The Morgan fingerprint density at radius 2 is 0.596 bits per heavy atom. The fourth-order valence-electron chi connectivity index (χ4n) is 7.45. The van der Waals surface area contributed by atoms with Crippen LogP contribution in [0.25, 0.3) is 0 Å². The first-order valence-corrected chi connectivity index (χ1v) is 24.4. The standard InChI is InChI=1S/C51H92O6/c1-4-7-10-13-16-19-22-25-28-31-34-37-40-43-46(52)49(55)51(57,48(54)45-42-39-36-33-30-27-24-21-18-15-12-9-6-3)50(56)47(53)44-41-38-35-32-29-26-23-20-17-14-11-8-5-2/h19-24,49-50,55-57H,4-18,25-45H2,1-3H3. The second-order valence-corrected chi connectivity index (χ2v) is 16.9. The van der Waals surface area contributed by atoms with Crippen LogP contribution in [0.4, 0.5) is 0 Å². The van der Waals surface area contributed by atoms with Gasteiger partial charge in [0.15, 0.2) is 35.2 Å². The van der Waals surface area contributed by atoms with Gasteiger partial charge in [-0.25, -0.2) is 0 Å². The minimum atomic E-state index is -2.82. The summed E-state index contributed by atoms with van der Waals surface area (Å²) in [5.41, 5.74) is -2.82. The lowest BCUT2D eigenvalue weighted by atomic mass is 9.78. The molecule has 6 heteroatoms. The molecule has 0 amide bonds. The molecule has 3 N–H and O–H groups in total. The number of carbonyl (C=O) groups is 3. The van der Waals surface area contributed by atoms with E-state index in [1.165, 1.54) is 77.0 Å². The molecule has 0 aromatic heterocycles. The smallest absolute Gasteiger partial charge is 0.189 e. The minimum Gasteiger partial charge on any atom is -0.382 e. The van der Waals surface area contributed by atoms with Gasteiger partial charge in [-0.1, -0.05) is 173 Å². The van der Waals surface area contributed by atoms with Gasteiger partial charge in [-0.15, -0.1) is 0 Å². The summed E-state index contributed by atoms with van der Waals surface area (Å²) < 4.78 is 0. The third-order valence-corrected chi connectivity index (χ3v) is 11.4. The maximum absolute atomic E-state index is 13.5. The number of unbranched alkanes of at least 4 members (excludes halogenated alkanes) is 27. The van der Waals surface area contributed by atoms with E-state index in [4.69, 9.17) is 0 Å². The lowest BCUT2D eigenvalue weighted by Crippen LogP contribution is -2.63. The minimum absolute atomic E-state index is 0.00341. The van der Waals surface area contributed by atoms with E-state index in [1.54, 1.807) is 0 Å². The maximum atomic E-state index is 13.5. The zero-order valence-corrected chi connectivity index (χ0v) is 37.6. The molecule has 0 saturated carbocycles. The molecule has 0 bridgehead atoms. The summed E-state index contributed by atoms with van der Waals surface area (Å²) in [5, 5.41) is 34.0. The summed E-state index contributed by atoms with van der Waals surface area (Å²) in [6.45, 7) is 6.67. The van der Waals surface area contributed by atoms with Crippen LogP contribution in [-0.4, -0.2) is 50.5 Å². The number of hydrogen-bond donors (Lipinski definition) is 3. The second kappa shape index (κ2) is 40.9. The highest BCUT2D eigenvalue weighted by atomic mass is 16.4. The topological polar surface area (TPSA) is 112 Å². The maximum Gasteiger partial charge on any atom is 0.189 e. The molecule has 57 heavy (non-hydrogen) atoms.